The summed E-state index contributed by atoms with van der Waals surface area (Å²) < 4.78 is 0. The summed E-state index contributed by atoms with van der Waals surface area (Å²) in [5.41, 5.74) is 3.40. The second-order valence-electron chi connectivity index (χ2n) is 6.41. The molecule has 3 rings (SSSR count). The fourth-order valence-electron chi connectivity index (χ4n) is 4.14. The number of nitrogens with zero attached hydrogens (tertiary/aromatic N) is 2. The zero-order valence-electron chi connectivity index (χ0n) is 12.3. The van der Waals surface area contributed by atoms with Crippen LogP contribution in [0.4, 0.5) is 0 Å². The van der Waals surface area contributed by atoms with Crippen molar-refractivity contribution in [3.63, 3.8) is 0 Å². The lowest BCUT2D eigenvalue weighted by Gasteiger charge is -2.54. The highest BCUT2D eigenvalue weighted by molar-refractivity contribution is 5.39. The summed E-state index contributed by atoms with van der Waals surface area (Å²) >= 11 is 0. The second-order valence-corrected chi connectivity index (χ2v) is 6.41. The lowest BCUT2D eigenvalue weighted by atomic mass is 9.59. The Hall–Kier alpha value is -1.59. The van der Waals surface area contributed by atoms with Crippen molar-refractivity contribution in [2.45, 2.75) is 38.1 Å². The fourth-order valence-corrected chi connectivity index (χ4v) is 4.14. The molecule has 0 aromatic heterocycles. The van der Waals surface area contributed by atoms with Gasteiger partial charge in [0.15, 0.2) is 0 Å². The molecule has 3 atom stereocenters. The molecule has 2 heteroatoms. The lowest BCUT2D eigenvalue weighted by molar-refractivity contribution is 0.0399. The minimum atomic E-state index is 0.314. The number of benzene rings is 1. The summed E-state index contributed by atoms with van der Waals surface area (Å²) in [4.78, 5) is 2.55. The Balaban J connectivity index is 1.92. The molecule has 1 heterocycles. The van der Waals surface area contributed by atoms with E-state index in [-0.39, 0.29) is 0 Å². The summed E-state index contributed by atoms with van der Waals surface area (Å²) in [6.45, 7) is 6.88. The molecule has 20 heavy (non-hydrogen) atoms. The van der Waals surface area contributed by atoms with Crippen LogP contribution in [0.2, 0.25) is 0 Å². The molecule has 104 valence electrons. The Bertz CT molecular complexity index is 569. The van der Waals surface area contributed by atoms with E-state index < -0.39 is 0 Å². The summed E-state index contributed by atoms with van der Waals surface area (Å²) in [5, 5.41) is 8.64. The van der Waals surface area contributed by atoms with E-state index in [1.807, 2.05) is 6.08 Å². The second kappa shape index (κ2) is 5.07. The van der Waals surface area contributed by atoms with E-state index in [4.69, 9.17) is 5.26 Å². The highest BCUT2D eigenvalue weighted by Gasteiger charge is 2.47. The van der Waals surface area contributed by atoms with Crippen molar-refractivity contribution in [2.75, 3.05) is 13.1 Å². The molecule has 0 amide bonds. The van der Waals surface area contributed by atoms with Crippen LogP contribution in [0.1, 0.15) is 31.4 Å². The van der Waals surface area contributed by atoms with Gasteiger partial charge in [-0.3, -0.25) is 4.90 Å². The topological polar surface area (TPSA) is 27.0 Å². The van der Waals surface area contributed by atoms with Crippen LogP contribution in [-0.4, -0.2) is 24.0 Å². The Morgan fingerprint density at radius 2 is 2.25 bits per heavy atom. The van der Waals surface area contributed by atoms with Gasteiger partial charge in [0, 0.05) is 18.7 Å². The first-order valence-corrected chi connectivity index (χ1v) is 7.54. The summed E-state index contributed by atoms with van der Waals surface area (Å²) in [6, 6.07) is 11.7. The maximum Gasteiger partial charge on any atom is 0.0909 e. The summed E-state index contributed by atoms with van der Waals surface area (Å²) in [5.74, 6) is 0.668. The number of hydrogen-bond donors (Lipinski definition) is 0. The number of nitriles is 1. The number of likely N-dealkylation sites (tertiary alicyclic amines) is 1. The van der Waals surface area contributed by atoms with Crippen LogP contribution in [0.15, 0.2) is 36.4 Å². The molecule has 3 unspecified atom stereocenters. The molecule has 1 saturated heterocycles. The monoisotopic (exact) mass is 266 g/mol. The molecule has 0 spiro atoms. The van der Waals surface area contributed by atoms with E-state index in [9.17, 15) is 0 Å². The molecular weight excluding hydrogens is 244 g/mol. The molecule has 0 saturated carbocycles. The first-order chi connectivity index (χ1) is 9.66. The average molecular weight is 266 g/mol. The number of fused-ring (bicyclic) bond motifs is 4. The molecule has 1 aromatic rings. The van der Waals surface area contributed by atoms with Gasteiger partial charge in [0.25, 0.3) is 0 Å². The predicted octanol–water partition coefficient (Wildman–Crippen LogP) is 3.29. The van der Waals surface area contributed by atoms with Gasteiger partial charge in [-0.1, -0.05) is 44.2 Å². The van der Waals surface area contributed by atoms with Crippen LogP contribution < -0.4 is 0 Å². The zero-order chi connectivity index (χ0) is 14.2. The number of piperidine rings is 1. The summed E-state index contributed by atoms with van der Waals surface area (Å²) in [6.07, 6.45) is 5.96. The zero-order valence-corrected chi connectivity index (χ0v) is 12.3. The average Bonchev–Trinajstić information content (AvgIpc) is 2.45. The minimum Gasteiger partial charge on any atom is -0.296 e. The van der Waals surface area contributed by atoms with Gasteiger partial charge in [0.2, 0.25) is 0 Å². The van der Waals surface area contributed by atoms with Crippen LogP contribution in [0.25, 0.3) is 0 Å². The third kappa shape index (κ3) is 1.98. The SMILES string of the molecule is CC1C2Cc3ccccc3C1(C)CCN2CC=CC#N. The van der Waals surface area contributed by atoms with E-state index in [1.165, 1.54) is 12.0 Å². The van der Waals surface area contributed by atoms with Gasteiger partial charge in [0.05, 0.1) is 6.07 Å². The van der Waals surface area contributed by atoms with Crippen LogP contribution in [-0.2, 0) is 11.8 Å². The van der Waals surface area contributed by atoms with Crippen molar-refractivity contribution < 1.29 is 0 Å². The van der Waals surface area contributed by atoms with Crippen molar-refractivity contribution >= 4 is 0 Å². The fraction of sp³-hybridized carbons (Fsp3) is 0.500. The smallest absolute Gasteiger partial charge is 0.0909 e. The van der Waals surface area contributed by atoms with Gasteiger partial charge < -0.3 is 0 Å². The van der Waals surface area contributed by atoms with E-state index in [2.05, 4.69) is 49.1 Å². The van der Waals surface area contributed by atoms with Crippen LogP contribution in [0.3, 0.4) is 0 Å². The van der Waals surface area contributed by atoms with Gasteiger partial charge in [-0.25, -0.2) is 0 Å². The van der Waals surface area contributed by atoms with Crippen molar-refractivity contribution in [1.29, 1.82) is 5.26 Å². The van der Waals surface area contributed by atoms with Gasteiger partial charge in [-0.2, -0.15) is 5.26 Å². The van der Waals surface area contributed by atoms with E-state index >= 15 is 0 Å². The Morgan fingerprint density at radius 1 is 1.45 bits per heavy atom. The normalized spacial score (nSPS) is 32.9. The highest BCUT2D eigenvalue weighted by Crippen LogP contribution is 2.48. The maximum absolute atomic E-state index is 8.64. The van der Waals surface area contributed by atoms with Crippen molar-refractivity contribution in [2.24, 2.45) is 5.92 Å². The largest absolute Gasteiger partial charge is 0.296 e. The third-order valence-electron chi connectivity index (χ3n) is 5.56. The molecule has 1 aliphatic heterocycles. The highest BCUT2D eigenvalue weighted by atomic mass is 15.2. The third-order valence-corrected chi connectivity index (χ3v) is 5.56. The van der Waals surface area contributed by atoms with Crippen LogP contribution in [0.5, 0.6) is 0 Å². The van der Waals surface area contributed by atoms with E-state index in [1.54, 1.807) is 11.6 Å². The Kier molecular flexibility index (Phi) is 3.40. The molecule has 1 fully saturated rings. The minimum absolute atomic E-state index is 0.314. The molecule has 1 aliphatic carbocycles. The molecular formula is C18H22N2. The number of rotatable bonds is 2. The molecule has 0 radical (unpaired) electrons. The molecule has 2 nitrogen and oxygen atoms in total. The first kappa shape index (κ1) is 13.4. The standard InChI is InChI=1S/C18H22N2/c1-14-17-13-15-7-3-4-8-16(15)18(14,2)9-12-20(17)11-6-5-10-19/h3-8,14,17H,9,11-13H2,1-2H3. The first-order valence-electron chi connectivity index (χ1n) is 7.54. The molecule has 2 bridgehead atoms. The number of hydrogen-bond acceptors (Lipinski definition) is 2. The molecule has 0 N–H and O–H groups in total. The molecule has 1 aromatic carbocycles. The van der Waals surface area contributed by atoms with Crippen molar-refractivity contribution in [1.82, 2.24) is 4.90 Å². The van der Waals surface area contributed by atoms with E-state index in [0.29, 0.717) is 17.4 Å². The Morgan fingerprint density at radius 3 is 3.05 bits per heavy atom. The van der Waals surface area contributed by atoms with E-state index in [0.717, 1.165) is 19.5 Å². The van der Waals surface area contributed by atoms with Crippen molar-refractivity contribution in [3.05, 3.63) is 47.5 Å². The van der Waals surface area contributed by atoms with Crippen LogP contribution >= 0.6 is 0 Å². The predicted molar refractivity (Wildman–Crippen MR) is 81.4 cm³/mol. The molecule has 2 aliphatic rings. The number of allylic oxidation sites excluding steroid dienone is 1. The van der Waals surface area contributed by atoms with Gasteiger partial charge >= 0.3 is 0 Å². The van der Waals surface area contributed by atoms with Gasteiger partial charge in [-0.05, 0) is 41.8 Å². The van der Waals surface area contributed by atoms with Gasteiger partial charge in [-0.15, -0.1) is 0 Å². The maximum atomic E-state index is 8.64. The van der Waals surface area contributed by atoms with Crippen molar-refractivity contribution in [3.8, 4) is 6.07 Å². The van der Waals surface area contributed by atoms with Crippen LogP contribution in [0, 0.1) is 17.2 Å². The van der Waals surface area contributed by atoms with Gasteiger partial charge in [0.1, 0.15) is 0 Å². The quantitative estimate of drug-likeness (QED) is 0.768. The Labute approximate surface area is 121 Å². The summed E-state index contributed by atoms with van der Waals surface area (Å²) in [7, 11) is 0. The lowest BCUT2D eigenvalue weighted by Crippen LogP contribution is -2.57.